The maximum Gasteiger partial charge on any atom is 0.167 e. The second kappa shape index (κ2) is 9.35. The molecule has 0 amide bonds. The van der Waals surface area contributed by atoms with Gasteiger partial charge in [-0.05, 0) is 6.90 Å². The van der Waals surface area contributed by atoms with Gasteiger partial charge in [-0.25, -0.2) is 15.0 Å². The fourth-order valence-corrected chi connectivity index (χ4v) is 2.77. The molecule has 11 heteroatoms. The van der Waals surface area contributed by atoms with Crippen molar-refractivity contribution < 1.29 is 25.8 Å². The molecule has 1 aliphatic heterocycles. The molecule has 3 rings (SSSR count). The summed E-state index contributed by atoms with van der Waals surface area (Å²) in [5.74, 6) is 0.525. The second-order valence-corrected chi connectivity index (χ2v) is 6.03. The van der Waals surface area contributed by atoms with Gasteiger partial charge >= 0.3 is 0 Å². The van der Waals surface area contributed by atoms with Crippen molar-refractivity contribution in [3.8, 4) is 0 Å². The van der Waals surface area contributed by atoms with Crippen LogP contribution in [-0.2, 0) is 14.2 Å². The number of hydrogen-bond acceptors (Lipinski definition) is 10. The van der Waals surface area contributed by atoms with E-state index in [2.05, 4.69) is 20.3 Å². The van der Waals surface area contributed by atoms with Crippen LogP contribution in [-0.4, -0.2) is 87.6 Å². The average molecular weight is 383 g/mol. The summed E-state index contributed by atoms with van der Waals surface area (Å²) in [6.45, 7) is 2.80. The van der Waals surface area contributed by atoms with E-state index in [1.807, 2.05) is 0 Å². The summed E-state index contributed by atoms with van der Waals surface area (Å²) in [7, 11) is 0. The number of imidazole rings is 1. The van der Waals surface area contributed by atoms with Crippen molar-refractivity contribution in [3.05, 3.63) is 12.7 Å². The van der Waals surface area contributed by atoms with Gasteiger partial charge < -0.3 is 35.5 Å². The maximum absolute atomic E-state index is 10.2. The zero-order valence-electron chi connectivity index (χ0n) is 15.9. The Morgan fingerprint density at radius 3 is 2.78 bits per heavy atom. The monoisotopic (exact) mass is 383 g/mol. The molecule has 0 aliphatic carbocycles. The third-order valence-electron chi connectivity index (χ3n) is 4.14. The molecule has 4 atom stereocenters. The molecule has 1 fully saturated rings. The van der Waals surface area contributed by atoms with E-state index in [4.69, 9.17) is 21.3 Å². The van der Waals surface area contributed by atoms with Crippen LogP contribution in [0.4, 0.5) is 5.82 Å². The van der Waals surface area contributed by atoms with Crippen LogP contribution in [0.25, 0.3) is 11.2 Å². The van der Waals surface area contributed by atoms with Gasteiger partial charge in [-0.3, -0.25) is 4.57 Å². The molecule has 0 aromatic carbocycles. The lowest BCUT2D eigenvalue weighted by molar-refractivity contribution is -0.0299. The number of nitrogens with zero attached hydrogens (tertiary/aromatic N) is 4. The van der Waals surface area contributed by atoms with E-state index in [-0.39, 0.29) is 6.90 Å². The average Bonchev–Trinajstić information content (AvgIpc) is 3.26. The third kappa shape index (κ3) is 4.51. The zero-order valence-corrected chi connectivity index (χ0v) is 14.9. The minimum absolute atomic E-state index is 0.152. The summed E-state index contributed by atoms with van der Waals surface area (Å²) < 4.78 is 25.2. The molecule has 27 heavy (non-hydrogen) atoms. The number of aromatic nitrogens is 4. The second-order valence-electron chi connectivity index (χ2n) is 6.03. The number of anilines is 1. The molecule has 1 unspecified atom stereocenters. The topological polar surface area (TPSA) is 150 Å². The summed E-state index contributed by atoms with van der Waals surface area (Å²) in [5.41, 5.74) is 6.29. The van der Waals surface area contributed by atoms with Crippen LogP contribution in [0.15, 0.2) is 12.7 Å². The van der Waals surface area contributed by atoms with Gasteiger partial charge in [0.15, 0.2) is 23.2 Å². The van der Waals surface area contributed by atoms with Gasteiger partial charge in [-0.15, -0.1) is 0 Å². The first-order valence-corrected chi connectivity index (χ1v) is 8.75. The van der Waals surface area contributed by atoms with Gasteiger partial charge in [-0.2, -0.15) is 0 Å². The Hall–Kier alpha value is -1.89. The van der Waals surface area contributed by atoms with E-state index in [0.717, 1.165) is 0 Å². The summed E-state index contributed by atoms with van der Waals surface area (Å²) >= 11 is 0. The molecule has 2 aromatic heterocycles. The molecule has 2 aromatic rings. The Morgan fingerprint density at radius 1 is 1.22 bits per heavy atom. The fraction of sp³-hybridized carbons (Fsp3) is 0.688. The smallest absolute Gasteiger partial charge is 0.167 e. The Kier molecular flexibility index (Phi) is 6.40. The van der Waals surface area contributed by atoms with Crippen molar-refractivity contribution in [2.45, 2.75) is 31.4 Å². The lowest BCUT2D eigenvalue weighted by atomic mass is 10.1. The van der Waals surface area contributed by atoms with Crippen LogP contribution >= 0.6 is 0 Å². The first-order valence-electron chi connectivity index (χ1n) is 9.46. The zero-order chi connectivity index (χ0) is 19.9. The number of aliphatic hydroxyl groups excluding tert-OH is 2. The molecule has 3 heterocycles. The van der Waals surface area contributed by atoms with Gasteiger partial charge in [0.25, 0.3) is 0 Å². The molecule has 0 radical (unpaired) electrons. The van der Waals surface area contributed by atoms with Gasteiger partial charge in [0.2, 0.25) is 0 Å². The van der Waals surface area contributed by atoms with Gasteiger partial charge in [0.05, 0.1) is 38.9 Å². The predicted molar refractivity (Wildman–Crippen MR) is 96.1 cm³/mol. The standard InChI is InChI=1S/C16H26N6O5/c1-10-12(23)13(24)16(27-10)22-9-21-11-14(19-8-20-15(11)22)18-3-5-26-7-6-25-4-2-17/h8-10,12-13,16,23-24H,2-7,17H2,1H3,(H,18,19,20)/t10-,12?,13+,16-/m1/s1/i1D. The Bertz CT molecular complexity index is 749. The summed E-state index contributed by atoms with van der Waals surface area (Å²) in [5, 5.41) is 23.4. The van der Waals surface area contributed by atoms with Crippen molar-refractivity contribution in [2.75, 3.05) is 44.8 Å². The molecule has 11 nitrogen and oxygen atoms in total. The summed E-state index contributed by atoms with van der Waals surface area (Å²) in [4.78, 5) is 12.7. The van der Waals surface area contributed by atoms with Crippen LogP contribution in [0.1, 0.15) is 14.5 Å². The Balaban J connectivity index is 1.59. The van der Waals surface area contributed by atoms with E-state index < -0.39 is 24.5 Å². The van der Waals surface area contributed by atoms with E-state index in [1.165, 1.54) is 17.2 Å². The lowest BCUT2D eigenvalue weighted by Gasteiger charge is -2.16. The highest BCUT2D eigenvalue weighted by molar-refractivity contribution is 5.82. The third-order valence-corrected chi connectivity index (χ3v) is 4.14. The van der Waals surface area contributed by atoms with E-state index in [0.29, 0.717) is 56.5 Å². The lowest BCUT2D eigenvalue weighted by Crippen LogP contribution is -2.30. The number of nitrogens with one attached hydrogen (secondary N) is 1. The van der Waals surface area contributed by atoms with E-state index in [1.54, 1.807) is 0 Å². The summed E-state index contributed by atoms with van der Waals surface area (Å²) in [6, 6.07) is 0. The molecule has 0 spiro atoms. The molecule has 150 valence electrons. The molecule has 0 bridgehead atoms. The molecular weight excluding hydrogens is 356 g/mol. The number of hydrogen-bond donors (Lipinski definition) is 4. The summed E-state index contributed by atoms with van der Waals surface area (Å²) in [6.07, 6.45) is -1.08. The van der Waals surface area contributed by atoms with Gasteiger partial charge in [-0.1, -0.05) is 0 Å². The first-order chi connectivity index (χ1) is 13.7. The van der Waals surface area contributed by atoms with Crippen LogP contribution in [0, 0.1) is 0 Å². The Morgan fingerprint density at radius 2 is 2.04 bits per heavy atom. The quantitative estimate of drug-likeness (QED) is 0.371. The highest BCUT2D eigenvalue weighted by Crippen LogP contribution is 2.31. The van der Waals surface area contributed by atoms with Crippen molar-refractivity contribution in [1.82, 2.24) is 19.5 Å². The Labute approximate surface area is 157 Å². The fourth-order valence-electron chi connectivity index (χ4n) is 2.77. The number of rotatable bonds is 10. The number of ether oxygens (including phenoxy) is 3. The number of fused-ring (bicyclic) bond motifs is 1. The predicted octanol–water partition coefficient (Wildman–Crippen LogP) is -1.13. The van der Waals surface area contributed by atoms with Crippen LogP contribution < -0.4 is 11.1 Å². The molecule has 1 saturated heterocycles. The molecular formula is C16H26N6O5. The minimum atomic E-state index is -1.17. The number of nitrogens with two attached hydrogens (primary N) is 1. The van der Waals surface area contributed by atoms with Crippen molar-refractivity contribution in [1.29, 1.82) is 0 Å². The maximum atomic E-state index is 10.2. The largest absolute Gasteiger partial charge is 0.388 e. The number of aliphatic hydroxyl groups is 2. The normalized spacial score (nSPS) is 25.8. The van der Waals surface area contributed by atoms with Crippen LogP contribution in [0.2, 0.25) is 0 Å². The molecule has 1 aliphatic rings. The highest BCUT2D eigenvalue weighted by Gasteiger charge is 2.42. The van der Waals surface area contributed by atoms with E-state index >= 15 is 0 Å². The van der Waals surface area contributed by atoms with Crippen LogP contribution in [0.3, 0.4) is 0 Å². The van der Waals surface area contributed by atoms with Crippen LogP contribution in [0.5, 0.6) is 0 Å². The van der Waals surface area contributed by atoms with Crippen molar-refractivity contribution in [2.24, 2.45) is 5.73 Å². The first kappa shape index (κ1) is 18.5. The van der Waals surface area contributed by atoms with E-state index in [9.17, 15) is 10.2 Å². The van der Waals surface area contributed by atoms with Crippen molar-refractivity contribution in [3.63, 3.8) is 0 Å². The SMILES string of the molecule is [2H]C[C@H]1O[C@@H](n2cnc3c(NCCOCCOCCN)ncnc32)[C@@H](O)C1O. The minimum Gasteiger partial charge on any atom is -0.388 e. The highest BCUT2D eigenvalue weighted by atomic mass is 16.6. The van der Waals surface area contributed by atoms with Crippen molar-refractivity contribution >= 4 is 17.0 Å². The van der Waals surface area contributed by atoms with Gasteiger partial charge in [0, 0.05) is 14.5 Å². The van der Waals surface area contributed by atoms with Gasteiger partial charge in [0.1, 0.15) is 18.5 Å². The molecule has 0 saturated carbocycles. The molecule has 5 N–H and O–H groups in total.